The van der Waals surface area contributed by atoms with Gasteiger partial charge in [-0.2, -0.15) is 0 Å². The summed E-state index contributed by atoms with van der Waals surface area (Å²) in [5, 5.41) is 27.3. The van der Waals surface area contributed by atoms with Crippen LogP contribution in [-0.2, 0) is 22.8 Å². The molecule has 2 aromatic carbocycles. The number of carboxylic acid groups (broad SMARTS) is 1. The summed E-state index contributed by atoms with van der Waals surface area (Å²) in [6.07, 6.45) is 4.40. The molecule has 208 valence electrons. The maximum absolute atomic E-state index is 12.0. The smallest absolute Gasteiger partial charge is 0.352 e. The number of aromatic carboxylic acids is 1. The molecule has 2 heterocycles. The van der Waals surface area contributed by atoms with E-state index in [9.17, 15) is 23.4 Å². The molecule has 3 aromatic rings. The Morgan fingerprint density at radius 2 is 1.87 bits per heavy atom. The first-order chi connectivity index (χ1) is 18.5. The summed E-state index contributed by atoms with van der Waals surface area (Å²) >= 11 is 0. The van der Waals surface area contributed by atoms with Gasteiger partial charge in [0, 0.05) is 48.5 Å². The first-order valence-corrected chi connectivity index (χ1v) is 14.6. The van der Waals surface area contributed by atoms with E-state index in [4.69, 9.17) is 5.73 Å². The first-order valence-electron chi connectivity index (χ1n) is 12.5. The van der Waals surface area contributed by atoms with E-state index in [2.05, 4.69) is 15.6 Å². The second kappa shape index (κ2) is 11.9. The summed E-state index contributed by atoms with van der Waals surface area (Å²) < 4.78 is 24.5. The molecule has 0 spiro atoms. The number of hydrogen-bond acceptors (Lipinski definition) is 9. The molecule has 4 rings (SSSR count). The Labute approximate surface area is 227 Å². The maximum Gasteiger partial charge on any atom is 0.352 e. The summed E-state index contributed by atoms with van der Waals surface area (Å²) in [7, 11) is -3.15. The molecule has 12 heteroatoms. The van der Waals surface area contributed by atoms with E-state index in [1.165, 1.54) is 6.34 Å². The minimum atomic E-state index is -3.15. The van der Waals surface area contributed by atoms with Crippen LogP contribution >= 0.6 is 0 Å². The lowest BCUT2D eigenvalue weighted by Crippen LogP contribution is -2.45. The summed E-state index contributed by atoms with van der Waals surface area (Å²) in [6.45, 7) is 3.23. The van der Waals surface area contributed by atoms with E-state index in [-0.39, 0.29) is 17.6 Å². The molecule has 0 saturated heterocycles. The number of nitrogens with two attached hydrogens (primary N) is 1. The van der Waals surface area contributed by atoms with Crippen LogP contribution < -0.4 is 16.4 Å². The van der Waals surface area contributed by atoms with Crippen molar-refractivity contribution in [3.05, 3.63) is 77.2 Å². The lowest BCUT2D eigenvalue weighted by atomic mass is 10.1. The Bertz CT molecular complexity index is 1500. The second-order valence-electron chi connectivity index (χ2n) is 9.82. The normalized spacial score (nSPS) is 15.3. The number of aliphatic hydroxyl groups is 1. The molecule has 1 aliphatic heterocycles. The number of carboxylic acids is 1. The van der Waals surface area contributed by atoms with Crippen LogP contribution in [0.3, 0.4) is 0 Å². The third-order valence-electron chi connectivity index (χ3n) is 6.46. The predicted molar refractivity (Wildman–Crippen MR) is 152 cm³/mol. The van der Waals surface area contributed by atoms with Crippen LogP contribution in [0.1, 0.15) is 28.5 Å². The lowest BCUT2D eigenvalue weighted by Gasteiger charge is -2.27. The van der Waals surface area contributed by atoms with Gasteiger partial charge in [0.15, 0.2) is 9.84 Å². The van der Waals surface area contributed by atoms with Crippen molar-refractivity contribution in [2.75, 3.05) is 30.5 Å². The predicted octanol–water partition coefficient (Wildman–Crippen LogP) is 1.78. The molecule has 0 aliphatic carbocycles. The fourth-order valence-corrected chi connectivity index (χ4v) is 4.84. The van der Waals surface area contributed by atoms with Gasteiger partial charge in [-0.15, -0.1) is 0 Å². The molecule has 2 unspecified atom stereocenters. The number of nitrogens with zero attached hydrogens (tertiary/aromatic N) is 3. The number of rotatable bonds is 12. The zero-order chi connectivity index (χ0) is 28.2. The van der Waals surface area contributed by atoms with Crippen molar-refractivity contribution >= 4 is 38.7 Å². The van der Waals surface area contributed by atoms with Crippen LogP contribution in [0.4, 0.5) is 5.69 Å². The Balaban J connectivity index is 1.42. The van der Waals surface area contributed by atoms with Crippen molar-refractivity contribution in [2.45, 2.75) is 32.2 Å². The van der Waals surface area contributed by atoms with Crippen LogP contribution in [0.2, 0.25) is 0 Å². The number of aliphatic hydroxyl groups excluding tert-OH is 1. The highest BCUT2D eigenvalue weighted by atomic mass is 32.2. The monoisotopic (exact) mass is 554 g/mol. The summed E-state index contributed by atoms with van der Waals surface area (Å²) in [6, 6.07) is 14.9. The van der Waals surface area contributed by atoms with Crippen molar-refractivity contribution in [3.8, 4) is 0 Å². The maximum atomic E-state index is 12.0. The first kappa shape index (κ1) is 28.1. The Hall–Kier alpha value is -3.87. The lowest BCUT2D eigenvalue weighted by molar-refractivity contribution is 0.0606. The molecule has 0 bridgehead atoms. The van der Waals surface area contributed by atoms with Gasteiger partial charge in [-0.1, -0.05) is 18.2 Å². The Morgan fingerprint density at radius 3 is 2.51 bits per heavy atom. The fourth-order valence-electron chi connectivity index (χ4n) is 4.41. The van der Waals surface area contributed by atoms with Gasteiger partial charge in [-0.3, -0.25) is 0 Å². The number of hydrogen-bond donors (Lipinski definition) is 5. The molecule has 2 atom stereocenters. The minimum absolute atomic E-state index is 0.0651. The summed E-state index contributed by atoms with van der Waals surface area (Å²) in [4.78, 5) is 17.7. The molecule has 0 radical (unpaired) electrons. The number of fused-ring (bicyclic) bond motifs is 1. The molecule has 39 heavy (non-hydrogen) atoms. The Morgan fingerprint density at radius 1 is 1.15 bits per heavy atom. The topological polar surface area (TPSA) is 162 Å². The zero-order valence-corrected chi connectivity index (χ0v) is 22.7. The third-order valence-corrected chi connectivity index (χ3v) is 7.13. The van der Waals surface area contributed by atoms with Crippen LogP contribution in [0, 0.1) is 0 Å². The van der Waals surface area contributed by atoms with E-state index in [0.29, 0.717) is 37.6 Å². The van der Waals surface area contributed by atoms with Crippen LogP contribution in [0.15, 0.2) is 65.4 Å². The highest BCUT2D eigenvalue weighted by molar-refractivity contribution is 7.90. The number of aliphatic imine (C=N–C) groups is 1. The number of carbonyl (C=O) groups is 1. The quantitative estimate of drug-likeness (QED) is 0.225. The third kappa shape index (κ3) is 7.59. The summed E-state index contributed by atoms with van der Waals surface area (Å²) in [5.74, 6) is -0.733. The van der Waals surface area contributed by atoms with Crippen LogP contribution in [-0.4, -0.2) is 77.9 Å². The zero-order valence-electron chi connectivity index (χ0n) is 21.9. The van der Waals surface area contributed by atoms with E-state index in [0.717, 1.165) is 28.3 Å². The van der Waals surface area contributed by atoms with Crippen LogP contribution in [0.25, 0.3) is 10.9 Å². The molecule has 1 aromatic heterocycles. The van der Waals surface area contributed by atoms with Gasteiger partial charge in [0.1, 0.15) is 23.6 Å². The molecule has 0 fully saturated rings. The number of nitrogens with one attached hydrogen (secondary N) is 2. The largest absolute Gasteiger partial charge is 0.477 e. The highest BCUT2D eigenvalue weighted by Crippen LogP contribution is 2.24. The van der Waals surface area contributed by atoms with Crippen LogP contribution in [0.5, 0.6) is 0 Å². The van der Waals surface area contributed by atoms with Gasteiger partial charge in [0.25, 0.3) is 0 Å². The van der Waals surface area contributed by atoms with Crippen molar-refractivity contribution in [1.29, 1.82) is 0 Å². The molecular weight excluding hydrogens is 520 g/mol. The van der Waals surface area contributed by atoms with Gasteiger partial charge < -0.3 is 36.0 Å². The van der Waals surface area contributed by atoms with Crippen molar-refractivity contribution < 1.29 is 23.4 Å². The van der Waals surface area contributed by atoms with Gasteiger partial charge >= 0.3 is 5.97 Å². The highest BCUT2D eigenvalue weighted by Gasteiger charge is 2.17. The van der Waals surface area contributed by atoms with Gasteiger partial charge in [-0.25, -0.2) is 18.2 Å². The molecule has 0 amide bonds. The molecule has 6 N–H and O–H groups in total. The number of benzene rings is 2. The average Bonchev–Trinajstić information content (AvgIpc) is 3.24. The SMILES string of the molecule is CC(Cc1ccc2c(c1)cc(C(=O)O)n2Cc1ccc(NCS(C)(=O)=O)cc1)NCC(O)N1C=NC(N)=CC1. The molecular formula is C27H34N6O5S. The standard InChI is InChI=1S/C27H34N6O5S/c1-18(29-14-26(34)32-10-9-25(28)30-16-32)11-20-5-8-23-21(12-20)13-24(27(35)36)33(23)15-19-3-6-22(7-4-19)31-17-39(2,37)38/h3-9,12-13,16,18,26,29,31,34H,10-11,14-15,17,28H2,1-2H3,(H,35,36). The fraction of sp³-hybridized carbons (Fsp3) is 0.333. The molecule has 1 aliphatic rings. The number of anilines is 1. The van der Waals surface area contributed by atoms with Crippen molar-refractivity contribution in [3.63, 3.8) is 0 Å². The second-order valence-corrected chi connectivity index (χ2v) is 12.0. The Kier molecular flexibility index (Phi) is 8.58. The van der Waals surface area contributed by atoms with Crippen molar-refractivity contribution in [1.82, 2.24) is 14.8 Å². The number of aromatic nitrogens is 1. The van der Waals surface area contributed by atoms with E-state index < -0.39 is 22.0 Å². The molecule has 11 nitrogen and oxygen atoms in total. The average molecular weight is 555 g/mol. The van der Waals surface area contributed by atoms with Gasteiger partial charge in [-0.05, 0) is 60.9 Å². The summed E-state index contributed by atoms with van der Waals surface area (Å²) in [5.41, 5.74) is 9.22. The number of sulfone groups is 1. The van der Waals surface area contributed by atoms with E-state index in [1.807, 2.05) is 37.3 Å². The van der Waals surface area contributed by atoms with Gasteiger partial charge in [0.2, 0.25) is 0 Å². The van der Waals surface area contributed by atoms with E-state index in [1.54, 1.807) is 33.7 Å². The molecule has 0 saturated carbocycles. The minimum Gasteiger partial charge on any atom is -0.477 e. The van der Waals surface area contributed by atoms with Gasteiger partial charge in [0.05, 0.1) is 6.34 Å². The van der Waals surface area contributed by atoms with Crippen molar-refractivity contribution in [2.24, 2.45) is 10.7 Å². The van der Waals surface area contributed by atoms with E-state index >= 15 is 0 Å².